The highest BCUT2D eigenvalue weighted by Crippen LogP contribution is 2.13. The van der Waals surface area contributed by atoms with E-state index in [0.717, 1.165) is 4.47 Å². The van der Waals surface area contributed by atoms with Crippen molar-refractivity contribution >= 4 is 38.6 Å². The van der Waals surface area contributed by atoms with Gasteiger partial charge in [-0.2, -0.15) is 0 Å². The van der Waals surface area contributed by atoms with Crippen molar-refractivity contribution < 1.29 is 13.6 Å². The van der Waals surface area contributed by atoms with Crippen molar-refractivity contribution in [3.05, 3.63) is 28.7 Å². The van der Waals surface area contributed by atoms with Crippen LogP contribution in [0.1, 0.15) is 0 Å². The number of anilines is 1. The zero-order chi connectivity index (χ0) is 10.6. The van der Waals surface area contributed by atoms with Crippen molar-refractivity contribution in [3.63, 3.8) is 0 Å². The molecular formula is C8H8BrNO3S. The number of benzene rings is 1. The summed E-state index contributed by atoms with van der Waals surface area (Å²) in [5.74, 6) is -0.885. The first-order valence-corrected chi connectivity index (χ1v) is 5.77. The predicted molar refractivity (Wildman–Crippen MR) is 58.4 cm³/mol. The molecular weight excluding hydrogens is 270 g/mol. The van der Waals surface area contributed by atoms with Gasteiger partial charge < -0.3 is 9.87 Å². The number of halogens is 1. The molecule has 1 amide bonds. The van der Waals surface area contributed by atoms with Crippen molar-refractivity contribution in [2.45, 2.75) is 0 Å². The average Bonchev–Trinajstić information content (AvgIpc) is 2.07. The maximum absolute atomic E-state index is 11.0. The summed E-state index contributed by atoms with van der Waals surface area (Å²) in [7, 11) is 0. The summed E-state index contributed by atoms with van der Waals surface area (Å²) < 4.78 is 19.6. The first kappa shape index (κ1) is 11.4. The highest BCUT2D eigenvalue weighted by molar-refractivity contribution is 9.10. The van der Waals surface area contributed by atoms with Crippen LogP contribution in [0.3, 0.4) is 0 Å². The number of hydrogen-bond donors (Lipinski definition) is 2. The number of amides is 1. The van der Waals surface area contributed by atoms with Crippen LogP contribution in [0.5, 0.6) is 0 Å². The SMILES string of the molecule is O=C(CS(=O)O)Nc1ccc(Br)cc1. The van der Waals surface area contributed by atoms with E-state index in [0.29, 0.717) is 5.69 Å². The number of carbonyl (C=O) groups is 1. The molecule has 0 radical (unpaired) electrons. The van der Waals surface area contributed by atoms with Crippen LogP contribution in [-0.2, 0) is 15.9 Å². The Bertz CT molecular complexity index is 352. The smallest absolute Gasteiger partial charge is 0.239 e. The standard InChI is InChI=1S/C8H8BrNO3S/c9-6-1-3-7(4-2-6)10-8(11)5-14(12)13/h1-4H,5H2,(H,10,11)(H,12,13). The third-order valence-electron chi connectivity index (χ3n) is 1.38. The molecule has 0 spiro atoms. The van der Waals surface area contributed by atoms with Gasteiger partial charge in [-0.15, -0.1) is 0 Å². The highest BCUT2D eigenvalue weighted by atomic mass is 79.9. The van der Waals surface area contributed by atoms with Gasteiger partial charge in [-0.05, 0) is 24.3 Å². The average molecular weight is 278 g/mol. The van der Waals surface area contributed by atoms with Crippen molar-refractivity contribution in [3.8, 4) is 0 Å². The molecule has 1 unspecified atom stereocenters. The normalized spacial score (nSPS) is 12.1. The van der Waals surface area contributed by atoms with E-state index in [2.05, 4.69) is 21.2 Å². The first-order chi connectivity index (χ1) is 6.58. The molecule has 0 aliphatic heterocycles. The fourth-order valence-corrected chi connectivity index (χ4v) is 1.40. The molecule has 1 atom stereocenters. The largest absolute Gasteiger partial charge is 0.325 e. The summed E-state index contributed by atoms with van der Waals surface area (Å²) in [6, 6.07) is 6.93. The van der Waals surface area contributed by atoms with Crippen molar-refractivity contribution in [1.29, 1.82) is 0 Å². The Morgan fingerprint density at radius 2 is 2.00 bits per heavy atom. The topological polar surface area (TPSA) is 66.4 Å². The van der Waals surface area contributed by atoms with Crippen LogP contribution in [-0.4, -0.2) is 20.4 Å². The number of carbonyl (C=O) groups excluding carboxylic acids is 1. The Morgan fingerprint density at radius 1 is 1.43 bits per heavy atom. The van der Waals surface area contributed by atoms with Crippen LogP contribution in [0.15, 0.2) is 28.7 Å². The third kappa shape index (κ3) is 3.99. The minimum atomic E-state index is -2.10. The highest BCUT2D eigenvalue weighted by Gasteiger charge is 2.05. The molecule has 14 heavy (non-hydrogen) atoms. The molecule has 0 saturated carbocycles. The number of nitrogens with one attached hydrogen (secondary N) is 1. The molecule has 0 aliphatic rings. The molecule has 1 aromatic rings. The van der Waals surface area contributed by atoms with E-state index in [1.54, 1.807) is 24.3 Å². The molecule has 0 aliphatic carbocycles. The molecule has 0 aromatic heterocycles. The Hall–Kier alpha value is -0.720. The van der Waals surface area contributed by atoms with E-state index >= 15 is 0 Å². The Morgan fingerprint density at radius 3 is 2.50 bits per heavy atom. The Balaban J connectivity index is 2.56. The molecule has 0 fully saturated rings. The molecule has 6 heteroatoms. The third-order valence-corrected chi connectivity index (χ3v) is 2.42. The quantitative estimate of drug-likeness (QED) is 0.825. The van der Waals surface area contributed by atoms with Crippen LogP contribution >= 0.6 is 15.9 Å². The van der Waals surface area contributed by atoms with Gasteiger partial charge in [0.25, 0.3) is 0 Å². The molecule has 2 N–H and O–H groups in total. The second kappa shape index (κ2) is 5.23. The van der Waals surface area contributed by atoms with E-state index in [9.17, 15) is 9.00 Å². The van der Waals surface area contributed by atoms with Crippen molar-refractivity contribution in [2.24, 2.45) is 0 Å². The van der Waals surface area contributed by atoms with Gasteiger partial charge in [-0.1, -0.05) is 15.9 Å². The second-order valence-electron chi connectivity index (χ2n) is 2.52. The van der Waals surface area contributed by atoms with Crippen LogP contribution in [0.4, 0.5) is 5.69 Å². The Kier molecular flexibility index (Phi) is 4.24. The van der Waals surface area contributed by atoms with E-state index in [4.69, 9.17) is 4.55 Å². The fraction of sp³-hybridized carbons (Fsp3) is 0.125. The van der Waals surface area contributed by atoms with E-state index < -0.39 is 22.7 Å². The predicted octanol–water partition coefficient (Wildman–Crippen LogP) is 1.61. The maximum Gasteiger partial charge on any atom is 0.239 e. The van der Waals surface area contributed by atoms with Gasteiger partial charge in [-0.3, -0.25) is 4.79 Å². The fourth-order valence-electron chi connectivity index (χ4n) is 0.842. The first-order valence-electron chi connectivity index (χ1n) is 3.71. The van der Waals surface area contributed by atoms with Gasteiger partial charge >= 0.3 is 0 Å². The van der Waals surface area contributed by atoms with Gasteiger partial charge in [0.05, 0.1) is 0 Å². The van der Waals surface area contributed by atoms with Gasteiger partial charge in [0.15, 0.2) is 11.1 Å². The summed E-state index contributed by atoms with van der Waals surface area (Å²) >= 11 is 1.16. The molecule has 76 valence electrons. The van der Waals surface area contributed by atoms with Crippen molar-refractivity contribution in [1.82, 2.24) is 0 Å². The molecule has 1 rings (SSSR count). The van der Waals surface area contributed by atoms with Crippen LogP contribution < -0.4 is 5.32 Å². The van der Waals surface area contributed by atoms with E-state index in [1.807, 2.05) is 0 Å². The van der Waals surface area contributed by atoms with Gasteiger partial charge in [0.2, 0.25) is 5.91 Å². The summed E-state index contributed by atoms with van der Waals surface area (Å²) in [6.07, 6.45) is 0. The molecule has 0 heterocycles. The summed E-state index contributed by atoms with van der Waals surface area (Å²) in [5, 5.41) is 2.49. The monoisotopic (exact) mass is 277 g/mol. The summed E-state index contributed by atoms with van der Waals surface area (Å²) in [6.45, 7) is 0. The van der Waals surface area contributed by atoms with Crippen LogP contribution in [0.25, 0.3) is 0 Å². The van der Waals surface area contributed by atoms with E-state index in [1.165, 1.54) is 0 Å². The maximum atomic E-state index is 11.0. The zero-order valence-corrected chi connectivity index (χ0v) is 9.47. The van der Waals surface area contributed by atoms with Gasteiger partial charge in [0.1, 0.15) is 5.75 Å². The number of rotatable bonds is 3. The molecule has 4 nitrogen and oxygen atoms in total. The van der Waals surface area contributed by atoms with Gasteiger partial charge in [0, 0.05) is 10.2 Å². The van der Waals surface area contributed by atoms with Crippen LogP contribution in [0.2, 0.25) is 0 Å². The van der Waals surface area contributed by atoms with Crippen LogP contribution in [0, 0.1) is 0 Å². The minimum absolute atomic E-state index is 0.407. The summed E-state index contributed by atoms with van der Waals surface area (Å²) in [4.78, 5) is 11.0. The zero-order valence-electron chi connectivity index (χ0n) is 7.07. The van der Waals surface area contributed by atoms with Gasteiger partial charge in [-0.25, -0.2) is 4.21 Å². The summed E-state index contributed by atoms with van der Waals surface area (Å²) in [5.41, 5.74) is 0.601. The second-order valence-corrected chi connectivity index (χ2v) is 4.37. The minimum Gasteiger partial charge on any atom is -0.325 e. The lowest BCUT2D eigenvalue weighted by atomic mass is 10.3. The molecule has 0 bridgehead atoms. The lowest BCUT2D eigenvalue weighted by molar-refractivity contribution is -0.113. The number of hydrogen-bond acceptors (Lipinski definition) is 2. The lowest BCUT2D eigenvalue weighted by Gasteiger charge is -2.02. The van der Waals surface area contributed by atoms with Crippen molar-refractivity contribution in [2.75, 3.05) is 11.1 Å². The van der Waals surface area contributed by atoms with E-state index in [-0.39, 0.29) is 0 Å². The molecule has 1 aromatic carbocycles. The lowest BCUT2D eigenvalue weighted by Crippen LogP contribution is -2.18. The Labute approximate surface area is 92.1 Å². The molecule has 0 saturated heterocycles.